The molecule has 1 aliphatic heterocycles. The van der Waals surface area contributed by atoms with Crippen molar-refractivity contribution in [2.24, 2.45) is 0 Å². The van der Waals surface area contributed by atoms with Gasteiger partial charge in [0, 0.05) is 18.7 Å². The summed E-state index contributed by atoms with van der Waals surface area (Å²) >= 11 is 0. The molecule has 0 aromatic heterocycles. The van der Waals surface area contributed by atoms with Gasteiger partial charge in [-0.05, 0) is 41.8 Å². The summed E-state index contributed by atoms with van der Waals surface area (Å²) in [5.41, 5.74) is 3.14. The lowest BCUT2D eigenvalue weighted by molar-refractivity contribution is 0.0729. The highest BCUT2D eigenvalue weighted by Crippen LogP contribution is 2.24. The molecule has 1 N–H and O–H groups in total. The van der Waals surface area contributed by atoms with Crippen LogP contribution in [0.5, 0.6) is 0 Å². The zero-order valence-corrected chi connectivity index (χ0v) is 19.0. The van der Waals surface area contributed by atoms with Crippen LogP contribution in [0.4, 0.5) is 4.39 Å². The maximum Gasteiger partial charge on any atom is 0.251 e. The smallest absolute Gasteiger partial charge is 0.251 e. The zero-order chi connectivity index (χ0) is 23.4. The summed E-state index contributed by atoms with van der Waals surface area (Å²) in [4.78, 5) is 12.3. The molecule has 0 bridgehead atoms. The molecule has 8 heteroatoms. The van der Waals surface area contributed by atoms with Crippen LogP contribution < -0.4 is 5.32 Å². The molecular weight excluding hydrogens is 443 g/mol. The Bertz CT molecular complexity index is 1230. The maximum absolute atomic E-state index is 14.4. The second-order valence-corrected chi connectivity index (χ2v) is 9.75. The summed E-state index contributed by atoms with van der Waals surface area (Å²) in [6, 6.07) is 20.9. The monoisotopic (exact) mass is 468 g/mol. The van der Waals surface area contributed by atoms with Crippen LogP contribution in [0.1, 0.15) is 28.9 Å². The van der Waals surface area contributed by atoms with Gasteiger partial charge in [-0.2, -0.15) is 4.31 Å². The van der Waals surface area contributed by atoms with E-state index in [0.717, 1.165) is 28.8 Å². The van der Waals surface area contributed by atoms with Crippen molar-refractivity contribution in [3.8, 4) is 11.1 Å². The molecule has 0 spiro atoms. The SMILES string of the molecule is CC(NC(=O)c1ccc(F)c(S(=O)(=O)N2CCOCC2)c1)c1ccc(-c2ccccc2)cc1. The average molecular weight is 469 g/mol. The molecule has 0 aliphatic carbocycles. The number of nitrogens with one attached hydrogen (secondary N) is 1. The third-order valence-corrected chi connectivity index (χ3v) is 7.56. The molecule has 1 amide bonds. The Morgan fingerprint density at radius 3 is 2.27 bits per heavy atom. The molecule has 4 rings (SSSR count). The predicted molar refractivity (Wildman–Crippen MR) is 124 cm³/mol. The molecule has 33 heavy (non-hydrogen) atoms. The average Bonchev–Trinajstić information content (AvgIpc) is 2.85. The van der Waals surface area contributed by atoms with Gasteiger partial charge < -0.3 is 10.1 Å². The lowest BCUT2D eigenvalue weighted by atomic mass is 10.0. The summed E-state index contributed by atoms with van der Waals surface area (Å²) in [6.07, 6.45) is 0. The Kier molecular flexibility index (Phi) is 6.88. The van der Waals surface area contributed by atoms with E-state index in [1.54, 1.807) is 0 Å². The number of amides is 1. The zero-order valence-electron chi connectivity index (χ0n) is 18.2. The van der Waals surface area contributed by atoms with Crippen molar-refractivity contribution in [3.63, 3.8) is 0 Å². The molecule has 1 saturated heterocycles. The molecule has 1 fully saturated rings. The molecule has 6 nitrogen and oxygen atoms in total. The van der Waals surface area contributed by atoms with E-state index in [4.69, 9.17) is 4.74 Å². The fourth-order valence-corrected chi connectivity index (χ4v) is 5.22. The number of ether oxygens (including phenoxy) is 1. The molecule has 1 aliphatic rings. The first-order chi connectivity index (χ1) is 15.9. The summed E-state index contributed by atoms with van der Waals surface area (Å²) in [5.74, 6) is -1.37. The molecular formula is C25H25FN2O4S. The van der Waals surface area contributed by atoms with Gasteiger partial charge in [0.05, 0.1) is 19.3 Å². The van der Waals surface area contributed by atoms with Gasteiger partial charge in [0.25, 0.3) is 5.91 Å². The molecule has 1 atom stereocenters. The number of benzene rings is 3. The number of carbonyl (C=O) groups is 1. The van der Waals surface area contributed by atoms with Crippen LogP contribution in [-0.2, 0) is 14.8 Å². The predicted octanol–water partition coefficient (Wildman–Crippen LogP) is 4.00. The van der Waals surface area contributed by atoms with Gasteiger partial charge in [0.2, 0.25) is 10.0 Å². The van der Waals surface area contributed by atoms with Crippen LogP contribution in [0, 0.1) is 5.82 Å². The number of halogens is 1. The van der Waals surface area contributed by atoms with Crippen LogP contribution >= 0.6 is 0 Å². The molecule has 0 saturated carbocycles. The molecule has 1 unspecified atom stereocenters. The van der Waals surface area contributed by atoms with Gasteiger partial charge in [-0.3, -0.25) is 4.79 Å². The minimum Gasteiger partial charge on any atom is -0.379 e. The molecule has 172 valence electrons. The number of sulfonamides is 1. The van der Waals surface area contributed by atoms with Crippen LogP contribution in [-0.4, -0.2) is 44.9 Å². The minimum atomic E-state index is -4.06. The van der Waals surface area contributed by atoms with Gasteiger partial charge in [0.15, 0.2) is 0 Å². The van der Waals surface area contributed by atoms with Gasteiger partial charge in [-0.25, -0.2) is 12.8 Å². The summed E-state index contributed by atoms with van der Waals surface area (Å²) in [6.45, 7) is 2.63. The highest BCUT2D eigenvalue weighted by Gasteiger charge is 2.30. The van der Waals surface area contributed by atoms with Crippen molar-refractivity contribution >= 4 is 15.9 Å². The summed E-state index contributed by atoms with van der Waals surface area (Å²) in [5, 5.41) is 2.86. The van der Waals surface area contributed by atoms with Crippen LogP contribution in [0.25, 0.3) is 11.1 Å². The van der Waals surface area contributed by atoms with Crippen molar-refractivity contribution in [3.05, 3.63) is 89.7 Å². The normalized spacial score (nSPS) is 15.7. The third kappa shape index (κ3) is 5.13. The Morgan fingerprint density at radius 1 is 0.970 bits per heavy atom. The Morgan fingerprint density at radius 2 is 1.61 bits per heavy atom. The molecule has 3 aromatic rings. The van der Waals surface area contributed by atoms with E-state index < -0.39 is 26.6 Å². The van der Waals surface area contributed by atoms with E-state index in [9.17, 15) is 17.6 Å². The van der Waals surface area contributed by atoms with E-state index in [-0.39, 0.29) is 37.9 Å². The van der Waals surface area contributed by atoms with Gasteiger partial charge in [-0.15, -0.1) is 0 Å². The van der Waals surface area contributed by atoms with Gasteiger partial charge in [0.1, 0.15) is 10.7 Å². The van der Waals surface area contributed by atoms with E-state index in [1.807, 2.05) is 61.5 Å². The highest BCUT2D eigenvalue weighted by molar-refractivity contribution is 7.89. The second kappa shape index (κ2) is 9.82. The number of morpholine rings is 1. The number of rotatable bonds is 6. The fourth-order valence-electron chi connectivity index (χ4n) is 3.73. The van der Waals surface area contributed by atoms with Crippen molar-refractivity contribution < 1.29 is 22.3 Å². The molecule has 0 radical (unpaired) electrons. The van der Waals surface area contributed by atoms with Crippen LogP contribution in [0.3, 0.4) is 0 Å². The van der Waals surface area contributed by atoms with E-state index in [1.165, 1.54) is 10.4 Å². The first-order valence-corrected chi connectivity index (χ1v) is 12.1. The number of carbonyl (C=O) groups excluding carboxylic acids is 1. The number of hydrogen-bond acceptors (Lipinski definition) is 4. The quantitative estimate of drug-likeness (QED) is 0.593. The lowest BCUT2D eigenvalue weighted by Gasteiger charge is -2.26. The second-order valence-electron chi connectivity index (χ2n) is 7.84. The third-order valence-electron chi connectivity index (χ3n) is 5.65. The van der Waals surface area contributed by atoms with Crippen molar-refractivity contribution in [2.75, 3.05) is 26.3 Å². The van der Waals surface area contributed by atoms with Crippen molar-refractivity contribution in [1.29, 1.82) is 0 Å². The first kappa shape index (κ1) is 23.1. The Hall–Kier alpha value is -3.07. The standard InChI is InChI=1S/C25H25FN2O4S/c1-18(19-7-9-21(10-8-19)20-5-3-2-4-6-20)27-25(29)22-11-12-23(26)24(17-22)33(30,31)28-13-15-32-16-14-28/h2-12,17-18H,13-16H2,1H3,(H,27,29). The summed E-state index contributed by atoms with van der Waals surface area (Å²) in [7, 11) is -4.06. The van der Waals surface area contributed by atoms with Crippen molar-refractivity contribution in [1.82, 2.24) is 9.62 Å². The van der Waals surface area contributed by atoms with E-state index in [0.29, 0.717) is 0 Å². The maximum atomic E-state index is 14.4. The van der Waals surface area contributed by atoms with Crippen molar-refractivity contribution in [2.45, 2.75) is 17.9 Å². The van der Waals surface area contributed by atoms with Crippen LogP contribution in [0.15, 0.2) is 77.7 Å². The van der Waals surface area contributed by atoms with E-state index in [2.05, 4.69) is 5.32 Å². The number of nitrogens with zero attached hydrogens (tertiary/aromatic N) is 1. The van der Waals surface area contributed by atoms with Gasteiger partial charge in [-0.1, -0.05) is 54.6 Å². The van der Waals surface area contributed by atoms with E-state index >= 15 is 0 Å². The molecule has 3 aromatic carbocycles. The topological polar surface area (TPSA) is 75.7 Å². The van der Waals surface area contributed by atoms with Crippen LogP contribution in [0.2, 0.25) is 0 Å². The minimum absolute atomic E-state index is 0.0796. The Labute approximate surface area is 193 Å². The largest absolute Gasteiger partial charge is 0.379 e. The summed E-state index contributed by atoms with van der Waals surface area (Å²) < 4.78 is 46.5. The Balaban J connectivity index is 1.50. The molecule has 1 heterocycles. The highest BCUT2D eigenvalue weighted by atomic mass is 32.2. The first-order valence-electron chi connectivity index (χ1n) is 10.7. The lowest BCUT2D eigenvalue weighted by Crippen LogP contribution is -2.41. The fraction of sp³-hybridized carbons (Fsp3) is 0.240. The number of hydrogen-bond donors (Lipinski definition) is 1. The van der Waals surface area contributed by atoms with Gasteiger partial charge >= 0.3 is 0 Å².